The number of aromatic nitrogens is 2. The number of carbonyl (C=O) groups is 2. The lowest BCUT2D eigenvalue weighted by molar-refractivity contribution is -0.126. The van der Waals surface area contributed by atoms with Crippen LogP contribution in [0.5, 0.6) is 0 Å². The number of hydrogen-bond donors (Lipinski definition) is 2. The van der Waals surface area contributed by atoms with Gasteiger partial charge in [-0.2, -0.15) is 5.10 Å². The minimum absolute atomic E-state index is 0.166. The standard InChI is InChI=1S/C24H25N5O4/c1-25-29-15-17-6-4-7-18(14-17)23(32)27-24-26-20-8-2-3-9-21(20)28(24)16-19(30)11-13-33-12-5-10-22(29)31/h2-10,14,19,30H,1,11-13,15-16H2,(H,26,27,32)/b10-5-. The first kappa shape index (κ1) is 22.4. The van der Waals surface area contributed by atoms with E-state index < -0.39 is 6.10 Å². The Hall–Kier alpha value is -3.82. The van der Waals surface area contributed by atoms with Crippen LogP contribution in [-0.2, 0) is 22.6 Å². The Morgan fingerprint density at radius 1 is 1.18 bits per heavy atom. The lowest BCUT2D eigenvalue weighted by Gasteiger charge is -2.17. The first-order valence-corrected chi connectivity index (χ1v) is 10.6. The van der Waals surface area contributed by atoms with E-state index in [1.165, 1.54) is 11.1 Å². The number of rotatable bonds is 1. The highest BCUT2D eigenvalue weighted by Crippen LogP contribution is 2.21. The van der Waals surface area contributed by atoms with Crippen molar-refractivity contribution < 1.29 is 19.4 Å². The maximum atomic E-state index is 13.0. The number of aliphatic hydroxyl groups is 1. The molecule has 1 aliphatic rings. The van der Waals surface area contributed by atoms with Crippen molar-refractivity contribution in [3.05, 3.63) is 71.8 Å². The molecule has 170 valence electrons. The highest BCUT2D eigenvalue weighted by Gasteiger charge is 2.18. The van der Waals surface area contributed by atoms with Gasteiger partial charge >= 0.3 is 0 Å². The van der Waals surface area contributed by atoms with Crippen LogP contribution in [0.15, 0.2) is 65.8 Å². The highest BCUT2D eigenvalue weighted by molar-refractivity contribution is 6.04. The summed E-state index contributed by atoms with van der Waals surface area (Å²) in [6.07, 6.45) is 2.63. The van der Waals surface area contributed by atoms with Gasteiger partial charge in [0.15, 0.2) is 0 Å². The van der Waals surface area contributed by atoms with Gasteiger partial charge in [-0.15, -0.1) is 0 Å². The quantitative estimate of drug-likeness (QED) is 0.558. The summed E-state index contributed by atoms with van der Waals surface area (Å²) < 4.78 is 7.32. The van der Waals surface area contributed by atoms with E-state index in [1.54, 1.807) is 34.9 Å². The first-order chi connectivity index (χ1) is 16.0. The molecule has 0 fully saturated rings. The predicted octanol–water partition coefficient (Wildman–Crippen LogP) is 2.57. The zero-order valence-corrected chi connectivity index (χ0v) is 18.1. The number of nitrogens with one attached hydrogen (secondary N) is 1. The SMILES string of the molecule is C=NN1Cc2cccc(c2)C(=O)Nc2nc3ccccc3n2CC(O)CCOC/C=C\C1=O. The number of nitrogens with zero attached hydrogens (tertiary/aromatic N) is 4. The molecule has 1 unspecified atom stereocenters. The molecule has 9 nitrogen and oxygen atoms in total. The van der Waals surface area contributed by atoms with Gasteiger partial charge < -0.3 is 14.4 Å². The Balaban J connectivity index is 1.69. The van der Waals surface area contributed by atoms with Gasteiger partial charge in [0, 0.05) is 25.0 Å². The van der Waals surface area contributed by atoms with Crippen molar-refractivity contribution in [1.29, 1.82) is 0 Å². The summed E-state index contributed by atoms with van der Waals surface area (Å²) in [5, 5.41) is 18.4. The zero-order chi connectivity index (χ0) is 23.2. The van der Waals surface area contributed by atoms with Crippen molar-refractivity contribution in [2.24, 2.45) is 5.10 Å². The van der Waals surface area contributed by atoms with E-state index in [9.17, 15) is 14.7 Å². The second-order valence-corrected chi connectivity index (χ2v) is 7.65. The normalized spacial score (nSPS) is 19.3. The van der Waals surface area contributed by atoms with Crippen molar-refractivity contribution >= 4 is 35.5 Å². The van der Waals surface area contributed by atoms with Gasteiger partial charge in [0.1, 0.15) is 0 Å². The fraction of sp³-hybridized carbons (Fsp3) is 0.250. The highest BCUT2D eigenvalue weighted by atomic mass is 16.5. The summed E-state index contributed by atoms with van der Waals surface area (Å²) in [6, 6.07) is 14.4. The maximum Gasteiger partial charge on any atom is 0.266 e. The number of fused-ring (bicyclic) bond motifs is 5. The van der Waals surface area contributed by atoms with Crippen molar-refractivity contribution in [3.8, 4) is 0 Å². The molecule has 3 aromatic rings. The van der Waals surface area contributed by atoms with Crippen LogP contribution >= 0.6 is 0 Å². The number of anilines is 1. The molecule has 2 heterocycles. The number of carbonyl (C=O) groups excluding carboxylic acids is 2. The molecule has 0 radical (unpaired) electrons. The van der Waals surface area contributed by atoms with E-state index in [2.05, 4.69) is 22.1 Å². The predicted molar refractivity (Wildman–Crippen MR) is 125 cm³/mol. The smallest absolute Gasteiger partial charge is 0.266 e. The fourth-order valence-electron chi connectivity index (χ4n) is 3.62. The van der Waals surface area contributed by atoms with E-state index in [0.717, 1.165) is 11.1 Å². The van der Waals surface area contributed by atoms with Crippen LogP contribution in [0.1, 0.15) is 22.3 Å². The molecule has 2 bridgehead atoms. The number of imidazole rings is 1. The molecule has 1 atom stereocenters. The molecule has 2 aromatic carbocycles. The molecule has 4 rings (SSSR count). The second kappa shape index (κ2) is 10.2. The van der Waals surface area contributed by atoms with Gasteiger partial charge in [-0.1, -0.05) is 30.3 Å². The number of hydrogen-bond acceptors (Lipinski definition) is 6. The molecule has 1 aliphatic heterocycles. The number of aliphatic hydroxyl groups excluding tert-OH is 1. The lowest BCUT2D eigenvalue weighted by Crippen LogP contribution is -2.24. The summed E-state index contributed by atoms with van der Waals surface area (Å²) in [7, 11) is 0. The Morgan fingerprint density at radius 3 is 2.88 bits per heavy atom. The molecule has 1 aromatic heterocycles. The average Bonchev–Trinajstić information content (AvgIpc) is 3.15. The minimum Gasteiger partial charge on any atom is -0.391 e. The van der Waals surface area contributed by atoms with Crippen molar-refractivity contribution in [1.82, 2.24) is 14.6 Å². The molecular weight excluding hydrogens is 422 g/mol. The summed E-state index contributed by atoms with van der Waals surface area (Å²) in [5.74, 6) is -0.352. The Morgan fingerprint density at radius 2 is 2.03 bits per heavy atom. The van der Waals surface area contributed by atoms with E-state index in [1.807, 2.05) is 24.3 Å². The minimum atomic E-state index is -0.716. The zero-order valence-electron chi connectivity index (χ0n) is 18.1. The van der Waals surface area contributed by atoms with Crippen molar-refractivity contribution in [3.63, 3.8) is 0 Å². The largest absolute Gasteiger partial charge is 0.391 e. The van der Waals surface area contributed by atoms with Crippen LogP contribution in [-0.4, -0.2) is 57.5 Å². The van der Waals surface area contributed by atoms with E-state index in [4.69, 9.17) is 4.74 Å². The summed E-state index contributed by atoms with van der Waals surface area (Å²) in [4.78, 5) is 30.0. The maximum absolute atomic E-state index is 13.0. The van der Waals surface area contributed by atoms with Gasteiger partial charge in [0.05, 0.1) is 36.8 Å². The Kier molecular flexibility index (Phi) is 6.92. The van der Waals surface area contributed by atoms with Crippen LogP contribution in [0.2, 0.25) is 0 Å². The van der Waals surface area contributed by atoms with Crippen LogP contribution in [0, 0.1) is 0 Å². The third-order valence-corrected chi connectivity index (χ3v) is 5.29. The molecule has 9 heteroatoms. The molecule has 0 saturated heterocycles. The topological polar surface area (TPSA) is 109 Å². The van der Waals surface area contributed by atoms with Gasteiger partial charge in [0.25, 0.3) is 11.8 Å². The summed E-state index contributed by atoms with van der Waals surface area (Å²) >= 11 is 0. The third-order valence-electron chi connectivity index (χ3n) is 5.29. The van der Waals surface area contributed by atoms with Crippen molar-refractivity contribution in [2.75, 3.05) is 18.5 Å². The summed E-state index contributed by atoms with van der Waals surface area (Å²) in [6.45, 7) is 4.42. The van der Waals surface area contributed by atoms with Gasteiger partial charge in [-0.3, -0.25) is 14.9 Å². The second-order valence-electron chi connectivity index (χ2n) is 7.65. The number of hydrazone groups is 1. The van der Waals surface area contributed by atoms with Crippen LogP contribution in [0.25, 0.3) is 11.0 Å². The van der Waals surface area contributed by atoms with E-state index in [-0.39, 0.29) is 31.5 Å². The summed E-state index contributed by atoms with van der Waals surface area (Å²) in [5.41, 5.74) is 2.66. The van der Waals surface area contributed by atoms with Crippen LogP contribution in [0.4, 0.5) is 5.95 Å². The van der Waals surface area contributed by atoms with E-state index in [0.29, 0.717) is 30.1 Å². The Labute approximate surface area is 191 Å². The number of benzene rings is 2. The molecule has 0 saturated carbocycles. The Bertz CT molecular complexity index is 1200. The monoisotopic (exact) mass is 447 g/mol. The van der Waals surface area contributed by atoms with Gasteiger partial charge in [-0.25, -0.2) is 9.99 Å². The van der Waals surface area contributed by atoms with E-state index >= 15 is 0 Å². The number of ether oxygens (including phenoxy) is 1. The first-order valence-electron chi connectivity index (χ1n) is 10.6. The van der Waals surface area contributed by atoms with Crippen molar-refractivity contribution in [2.45, 2.75) is 25.6 Å². The molecule has 0 spiro atoms. The average molecular weight is 447 g/mol. The van der Waals surface area contributed by atoms with Gasteiger partial charge in [0.2, 0.25) is 5.95 Å². The van der Waals surface area contributed by atoms with Gasteiger partial charge in [-0.05, 0) is 36.2 Å². The van der Waals surface area contributed by atoms with Crippen LogP contribution in [0.3, 0.4) is 0 Å². The lowest BCUT2D eigenvalue weighted by atomic mass is 10.1. The number of para-hydroxylation sites is 2. The molecule has 2 N–H and O–H groups in total. The molecule has 33 heavy (non-hydrogen) atoms. The molecular formula is C24H25N5O4. The molecule has 0 aliphatic carbocycles. The van der Waals surface area contributed by atoms with Crippen LogP contribution < -0.4 is 5.32 Å². The third kappa shape index (κ3) is 5.33. The number of amides is 2. The fourth-order valence-corrected chi connectivity index (χ4v) is 3.62. The molecule has 2 amide bonds.